The molecule has 0 N–H and O–H groups in total. The molecule has 0 aliphatic carbocycles. The second kappa shape index (κ2) is 10.9. The Morgan fingerprint density at radius 2 is 1.52 bits per heavy atom. The van der Waals surface area contributed by atoms with Crippen molar-refractivity contribution in [3.05, 3.63) is 95.6 Å². The number of unbranched alkanes of at least 4 members (excludes halogenated alkanes) is 1. The number of nitrogens with zero attached hydrogens (tertiary/aromatic N) is 1. The highest BCUT2D eigenvalue weighted by Crippen LogP contribution is 2.67. The monoisotopic (exact) mass is 447 g/mol. The lowest BCUT2D eigenvalue weighted by Crippen LogP contribution is -2.27. The molecule has 1 saturated heterocycles. The van der Waals surface area contributed by atoms with Crippen LogP contribution in [0.4, 0.5) is 0 Å². The molecular weight excluding hydrogens is 412 g/mol. The zero-order valence-corrected chi connectivity index (χ0v) is 21.0. The molecule has 0 amide bonds. The number of hydrogen-bond donors (Lipinski definition) is 0. The lowest BCUT2D eigenvalue weighted by atomic mass is 10.1. The summed E-state index contributed by atoms with van der Waals surface area (Å²) in [5, 5.41) is 3.02. The summed E-state index contributed by atoms with van der Waals surface area (Å²) in [5.41, 5.74) is 4.99. The number of benzene rings is 3. The van der Waals surface area contributed by atoms with Gasteiger partial charge in [0.1, 0.15) is 0 Å². The molecule has 2 unspecified atom stereocenters. The molecule has 0 saturated carbocycles. The van der Waals surface area contributed by atoms with Crippen LogP contribution in [0.1, 0.15) is 55.0 Å². The Labute approximate surface area is 191 Å². The van der Waals surface area contributed by atoms with Crippen molar-refractivity contribution < 1.29 is 0 Å². The van der Waals surface area contributed by atoms with Crippen LogP contribution >= 0.6 is 16.1 Å². The van der Waals surface area contributed by atoms with Gasteiger partial charge in [0.05, 0.1) is 0 Å². The second-order valence-corrected chi connectivity index (χ2v) is 13.6. The molecule has 1 nitrogen and oxygen atoms in total. The summed E-state index contributed by atoms with van der Waals surface area (Å²) in [6, 6.07) is 29.9. The van der Waals surface area contributed by atoms with E-state index in [4.69, 9.17) is 0 Å². The standard InChI is InChI=1S/C28H35NP2/c1-4-5-19-29(30-20-11-18-28(30)25-14-7-6-8-15-25)31(26-16-9-12-23(2)21-26)27-17-10-13-24(3)22-27/h6-10,12-17,21-22,28H,4-5,11,18-20H2,1-3H3. The Balaban J connectivity index is 1.79. The van der Waals surface area contributed by atoms with Gasteiger partial charge in [-0.25, -0.2) is 0 Å². The van der Waals surface area contributed by atoms with E-state index in [-0.39, 0.29) is 8.07 Å². The van der Waals surface area contributed by atoms with E-state index in [0.29, 0.717) is 5.66 Å². The van der Waals surface area contributed by atoms with E-state index in [1.54, 1.807) is 5.56 Å². The Bertz CT molecular complexity index is 926. The number of rotatable bonds is 8. The first-order valence-corrected chi connectivity index (χ1v) is 14.5. The molecule has 3 heteroatoms. The minimum Gasteiger partial charge on any atom is -0.252 e. The molecular formula is C28H35NP2. The molecule has 31 heavy (non-hydrogen) atoms. The Morgan fingerprint density at radius 3 is 2.10 bits per heavy atom. The van der Waals surface area contributed by atoms with Gasteiger partial charge in [-0.2, -0.15) is 0 Å². The van der Waals surface area contributed by atoms with E-state index in [1.165, 1.54) is 60.1 Å². The van der Waals surface area contributed by atoms with Crippen molar-refractivity contribution in [1.82, 2.24) is 4.44 Å². The fourth-order valence-electron chi connectivity index (χ4n) is 4.62. The summed E-state index contributed by atoms with van der Waals surface area (Å²) in [5.74, 6) is 0. The average Bonchev–Trinajstić information content (AvgIpc) is 3.27. The minimum absolute atomic E-state index is 0.204. The lowest BCUT2D eigenvalue weighted by Gasteiger charge is -2.40. The summed E-state index contributed by atoms with van der Waals surface area (Å²) in [6.07, 6.45) is 6.59. The van der Waals surface area contributed by atoms with Gasteiger partial charge < -0.3 is 0 Å². The predicted molar refractivity (Wildman–Crippen MR) is 140 cm³/mol. The van der Waals surface area contributed by atoms with Gasteiger partial charge in [-0.05, 0) is 75.6 Å². The maximum absolute atomic E-state index is 2.99. The van der Waals surface area contributed by atoms with Crippen LogP contribution in [0, 0.1) is 13.8 Å². The Hall–Kier alpha value is -1.52. The van der Waals surface area contributed by atoms with Crippen molar-refractivity contribution in [2.24, 2.45) is 0 Å². The predicted octanol–water partition coefficient (Wildman–Crippen LogP) is 7.69. The first-order valence-electron chi connectivity index (χ1n) is 11.7. The van der Waals surface area contributed by atoms with Crippen molar-refractivity contribution in [2.45, 2.75) is 52.1 Å². The Kier molecular flexibility index (Phi) is 7.95. The van der Waals surface area contributed by atoms with Crippen molar-refractivity contribution in [3.63, 3.8) is 0 Å². The van der Waals surface area contributed by atoms with E-state index < -0.39 is 8.07 Å². The van der Waals surface area contributed by atoms with E-state index in [0.717, 1.165) is 0 Å². The zero-order chi connectivity index (χ0) is 21.6. The van der Waals surface area contributed by atoms with E-state index in [9.17, 15) is 0 Å². The van der Waals surface area contributed by atoms with Crippen molar-refractivity contribution in [3.8, 4) is 0 Å². The van der Waals surface area contributed by atoms with Crippen LogP contribution < -0.4 is 10.6 Å². The third-order valence-corrected chi connectivity index (χ3v) is 12.4. The molecule has 0 bridgehead atoms. The molecule has 4 rings (SSSR count). The molecule has 1 aliphatic rings. The minimum atomic E-state index is -0.524. The average molecular weight is 448 g/mol. The molecule has 0 spiro atoms. The van der Waals surface area contributed by atoms with E-state index >= 15 is 0 Å². The normalized spacial score (nSPS) is 18.7. The highest BCUT2D eigenvalue weighted by molar-refractivity contribution is 7.79. The molecule has 162 valence electrons. The summed E-state index contributed by atoms with van der Waals surface area (Å²) < 4.78 is 2.99. The summed E-state index contributed by atoms with van der Waals surface area (Å²) in [6.45, 7) is 8.00. The molecule has 0 radical (unpaired) electrons. The topological polar surface area (TPSA) is 3.24 Å². The second-order valence-electron chi connectivity index (χ2n) is 8.67. The molecule has 1 fully saturated rings. The quantitative estimate of drug-likeness (QED) is 0.320. The van der Waals surface area contributed by atoms with Crippen LogP contribution in [0.2, 0.25) is 0 Å². The summed E-state index contributed by atoms with van der Waals surface area (Å²) in [7, 11) is -0.728. The van der Waals surface area contributed by atoms with Crippen LogP contribution in [0.25, 0.3) is 0 Å². The van der Waals surface area contributed by atoms with Crippen molar-refractivity contribution >= 4 is 26.8 Å². The Morgan fingerprint density at radius 1 is 0.871 bits per heavy atom. The summed E-state index contributed by atoms with van der Waals surface area (Å²) in [4.78, 5) is 0. The van der Waals surface area contributed by atoms with Crippen molar-refractivity contribution in [1.29, 1.82) is 0 Å². The van der Waals surface area contributed by atoms with Gasteiger partial charge in [0, 0.05) is 20.3 Å². The van der Waals surface area contributed by atoms with Crippen LogP contribution in [0.15, 0.2) is 78.9 Å². The lowest BCUT2D eigenvalue weighted by molar-refractivity contribution is 0.635. The van der Waals surface area contributed by atoms with Gasteiger partial charge >= 0.3 is 0 Å². The van der Waals surface area contributed by atoms with E-state index in [2.05, 4.69) is 104 Å². The maximum Gasteiger partial charge on any atom is 0.0318 e. The fraction of sp³-hybridized carbons (Fsp3) is 0.357. The van der Waals surface area contributed by atoms with Crippen LogP contribution in [-0.4, -0.2) is 17.1 Å². The zero-order valence-electron chi connectivity index (χ0n) is 19.2. The number of aryl methyl sites for hydroxylation is 2. The van der Waals surface area contributed by atoms with Crippen LogP contribution in [0.3, 0.4) is 0 Å². The van der Waals surface area contributed by atoms with E-state index in [1.807, 2.05) is 0 Å². The van der Waals surface area contributed by atoms with Crippen LogP contribution in [-0.2, 0) is 0 Å². The maximum atomic E-state index is 2.99. The van der Waals surface area contributed by atoms with Gasteiger partial charge in [-0.3, -0.25) is 4.44 Å². The third-order valence-electron chi connectivity index (χ3n) is 6.14. The van der Waals surface area contributed by atoms with Gasteiger partial charge in [0.25, 0.3) is 0 Å². The van der Waals surface area contributed by atoms with Gasteiger partial charge in [0.2, 0.25) is 0 Å². The highest BCUT2D eigenvalue weighted by atomic mass is 31.2. The smallest absolute Gasteiger partial charge is 0.0318 e. The molecule has 1 heterocycles. The molecule has 3 aromatic carbocycles. The first kappa shape index (κ1) is 22.7. The van der Waals surface area contributed by atoms with Gasteiger partial charge in [0.15, 0.2) is 0 Å². The van der Waals surface area contributed by atoms with Crippen LogP contribution in [0.5, 0.6) is 0 Å². The van der Waals surface area contributed by atoms with Gasteiger partial charge in [-0.1, -0.05) is 91.2 Å². The summed E-state index contributed by atoms with van der Waals surface area (Å²) >= 11 is 0. The molecule has 3 aromatic rings. The third kappa shape index (κ3) is 5.46. The fourth-order valence-corrected chi connectivity index (χ4v) is 11.8. The SMILES string of the molecule is CCCCN(P(c1cccc(C)c1)c1cccc(C)c1)P1CCCC1c1ccccc1. The first-order chi connectivity index (χ1) is 15.2. The van der Waals surface area contributed by atoms with Gasteiger partial charge in [-0.15, -0.1) is 0 Å². The molecule has 2 atom stereocenters. The molecule has 1 aliphatic heterocycles. The molecule has 0 aromatic heterocycles. The van der Waals surface area contributed by atoms with Crippen molar-refractivity contribution in [2.75, 3.05) is 12.7 Å². The largest absolute Gasteiger partial charge is 0.252 e. The highest BCUT2D eigenvalue weighted by Gasteiger charge is 2.37. The number of hydrogen-bond acceptors (Lipinski definition) is 1.